The third kappa shape index (κ3) is 16.2. The molecule has 0 amide bonds. The summed E-state index contributed by atoms with van der Waals surface area (Å²) in [6.07, 6.45) is 19.9. The summed E-state index contributed by atoms with van der Waals surface area (Å²) in [4.78, 5) is 24.0. The van der Waals surface area contributed by atoms with Crippen molar-refractivity contribution in [3.8, 4) is 0 Å². The predicted molar refractivity (Wildman–Crippen MR) is 121 cm³/mol. The standard InChI is InChI=1S/C25H46O4/c1-5-8-9-10-11-12-13-14-15-16-17-18-19-20-22(4)21-23(24(26)28-6-2)25(27)29-7-3/h21,23H,5-20H2,1-4H3/b22-21+. The number of esters is 2. The molecule has 0 heterocycles. The monoisotopic (exact) mass is 410 g/mol. The van der Waals surface area contributed by atoms with Gasteiger partial charge in [-0.2, -0.15) is 0 Å². The van der Waals surface area contributed by atoms with Gasteiger partial charge in [0.25, 0.3) is 0 Å². The number of carbonyl (C=O) groups excluding carboxylic acids is 2. The third-order valence-corrected chi connectivity index (χ3v) is 5.21. The molecule has 0 aliphatic carbocycles. The molecule has 0 fully saturated rings. The molecule has 0 saturated carbocycles. The van der Waals surface area contributed by atoms with Crippen LogP contribution >= 0.6 is 0 Å². The lowest BCUT2D eigenvalue weighted by atomic mass is 10.0. The number of hydrogen-bond acceptors (Lipinski definition) is 4. The van der Waals surface area contributed by atoms with Crippen molar-refractivity contribution in [1.82, 2.24) is 0 Å². The summed E-state index contributed by atoms with van der Waals surface area (Å²) >= 11 is 0. The topological polar surface area (TPSA) is 52.6 Å². The zero-order chi connectivity index (χ0) is 21.7. The molecule has 0 N–H and O–H groups in total. The second-order valence-electron chi connectivity index (χ2n) is 7.99. The lowest BCUT2D eigenvalue weighted by molar-refractivity contribution is -0.158. The highest BCUT2D eigenvalue weighted by molar-refractivity contribution is 5.97. The highest BCUT2D eigenvalue weighted by Gasteiger charge is 2.27. The Morgan fingerprint density at radius 1 is 0.655 bits per heavy atom. The van der Waals surface area contributed by atoms with Crippen LogP contribution in [0.2, 0.25) is 0 Å². The molecule has 0 aromatic heterocycles. The van der Waals surface area contributed by atoms with Crippen LogP contribution in [-0.2, 0) is 19.1 Å². The van der Waals surface area contributed by atoms with Crippen LogP contribution in [0.3, 0.4) is 0 Å². The fourth-order valence-electron chi connectivity index (χ4n) is 3.49. The van der Waals surface area contributed by atoms with Crippen molar-refractivity contribution in [1.29, 1.82) is 0 Å². The summed E-state index contributed by atoms with van der Waals surface area (Å²) in [5, 5.41) is 0. The van der Waals surface area contributed by atoms with Crippen LogP contribution in [-0.4, -0.2) is 25.2 Å². The van der Waals surface area contributed by atoms with Crippen molar-refractivity contribution in [3.63, 3.8) is 0 Å². The molecular weight excluding hydrogens is 364 g/mol. The molecule has 0 bridgehead atoms. The Morgan fingerprint density at radius 2 is 1.03 bits per heavy atom. The zero-order valence-electron chi connectivity index (χ0n) is 19.6. The van der Waals surface area contributed by atoms with E-state index in [9.17, 15) is 9.59 Å². The van der Waals surface area contributed by atoms with Gasteiger partial charge in [-0.3, -0.25) is 9.59 Å². The van der Waals surface area contributed by atoms with Crippen LogP contribution in [0.25, 0.3) is 0 Å². The molecule has 0 spiro atoms. The smallest absolute Gasteiger partial charge is 0.324 e. The molecule has 0 atom stereocenters. The van der Waals surface area contributed by atoms with E-state index in [1.54, 1.807) is 19.9 Å². The molecule has 0 aromatic rings. The van der Waals surface area contributed by atoms with E-state index in [1.807, 2.05) is 6.92 Å². The van der Waals surface area contributed by atoms with Crippen LogP contribution in [0.15, 0.2) is 11.6 Å². The van der Waals surface area contributed by atoms with Gasteiger partial charge in [-0.05, 0) is 33.6 Å². The van der Waals surface area contributed by atoms with Gasteiger partial charge in [0.1, 0.15) is 0 Å². The largest absolute Gasteiger partial charge is 0.465 e. The number of allylic oxidation sites excluding steroid dienone is 1. The van der Waals surface area contributed by atoms with Crippen molar-refractivity contribution in [2.24, 2.45) is 5.92 Å². The Bertz CT molecular complexity index is 424. The van der Waals surface area contributed by atoms with Crippen LogP contribution in [0.1, 0.15) is 118 Å². The maximum Gasteiger partial charge on any atom is 0.324 e. The number of rotatable bonds is 19. The third-order valence-electron chi connectivity index (χ3n) is 5.21. The normalized spacial score (nSPS) is 11.7. The second-order valence-corrected chi connectivity index (χ2v) is 7.99. The lowest BCUT2D eigenvalue weighted by Crippen LogP contribution is -2.26. The molecule has 0 rings (SSSR count). The van der Waals surface area contributed by atoms with Crippen LogP contribution in [0, 0.1) is 5.92 Å². The fourth-order valence-corrected chi connectivity index (χ4v) is 3.49. The average molecular weight is 411 g/mol. The van der Waals surface area contributed by atoms with E-state index in [1.165, 1.54) is 77.0 Å². The van der Waals surface area contributed by atoms with Crippen molar-refractivity contribution in [3.05, 3.63) is 11.6 Å². The first-order chi connectivity index (χ1) is 14.1. The van der Waals surface area contributed by atoms with E-state index < -0.39 is 17.9 Å². The molecule has 29 heavy (non-hydrogen) atoms. The minimum atomic E-state index is -0.933. The first kappa shape index (κ1) is 27.7. The van der Waals surface area contributed by atoms with Gasteiger partial charge in [0.2, 0.25) is 0 Å². The fraction of sp³-hybridized carbons (Fsp3) is 0.840. The Labute approximate surface area is 179 Å². The summed E-state index contributed by atoms with van der Waals surface area (Å²) in [6.45, 7) is 8.25. The highest BCUT2D eigenvalue weighted by atomic mass is 16.6. The van der Waals surface area contributed by atoms with Crippen LogP contribution in [0.4, 0.5) is 0 Å². The second kappa shape index (κ2) is 20.0. The minimum absolute atomic E-state index is 0.264. The van der Waals surface area contributed by atoms with Gasteiger partial charge in [0.05, 0.1) is 13.2 Å². The van der Waals surface area contributed by atoms with E-state index in [0.717, 1.165) is 18.4 Å². The molecule has 4 nitrogen and oxygen atoms in total. The van der Waals surface area contributed by atoms with Crippen LogP contribution < -0.4 is 0 Å². The predicted octanol–water partition coefficient (Wildman–Crippen LogP) is 7.16. The number of carbonyl (C=O) groups is 2. The van der Waals surface area contributed by atoms with Crippen molar-refractivity contribution < 1.29 is 19.1 Å². The van der Waals surface area contributed by atoms with Gasteiger partial charge >= 0.3 is 11.9 Å². The van der Waals surface area contributed by atoms with E-state index in [2.05, 4.69) is 6.92 Å². The Balaban J connectivity index is 3.87. The quantitative estimate of drug-likeness (QED) is 0.0981. The first-order valence-corrected chi connectivity index (χ1v) is 12.1. The van der Waals surface area contributed by atoms with E-state index in [-0.39, 0.29) is 13.2 Å². The lowest BCUT2D eigenvalue weighted by Gasteiger charge is -2.12. The molecular formula is C25H46O4. The first-order valence-electron chi connectivity index (χ1n) is 12.1. The van der Waals surface area contributed by atoms with Gasteiger partial charge in [-0.15, -0.1) is 0 Å². The van der Waals surface area contributed by atoms with Gasteiger partial charge < -0.3 is 9.47 Å². The molecule has 0 saturated heterocycles. The Hall–Kier alpha value is -1.32. The number of unbranched alkanes of at least 4 members (excludes halogenated alkanes) is 12. The van der Waals surface area contributed by atoms with Gasteiger partial charge in [0, 0.05) is 0 Å². The maximum absolute atomic E-state index is 12.0. The van der Waals surface area contributed by atoms with E-state index in [0.29, 0.717) is 0 Å². The summed E-state index contributed by atoms with van der Waals surface area (Å²) < 4.78 is 10.0. The van der Waals surface area contributed by atoms with Crippen molar-refractivity contribution >= 4 is 11.9 Å². The summed E-state index contributed by atoms with van der Waals surface area (Å²) in [6, 6.07) is 0. The highest BCUT2D eigenvalue weighted by Crippen LogP contribution is 2.16. The Kier molecular flexibility index (Phi) is 19.1. The van der Waals surface area contributed by atoms with Gasteiger partial charge in [-0.25, -0.2) is 0 Å². The number of hydrogen-bond donors (Lipinski definition) is 0. The molecule has 0 aliphatic rings. The summed E-state index contributed by atoms with van der Waals surface area (Å²) in [5.41, 5.74) is 1.05. The van der Waals surface area contributed by atoms with E-state index in [4.69, 9.17) is 9.47 Å². The molecule has 0 aromatic carbocycles. The maximum atomic E-state index is 12.0. The van der Waals surface area contributed by atoms with Crippen molar-refractivity contribution in [2.45, 2.75) is 118 Å². The molecule has 0 unspecified atom stereocenters. The van der Waals surface area contributed by atoms with E-state index >= 15 is 0 Å². The zero-order valence-corrected chi connectivity index (χ0v) is 19.6. The minimum Gasteiger partial charge on any atom is -0.465 e. The van der Waals surface area contributed by atoms with Gasteiger partial charge in [0.15, 0.2) is 5.92 Å². The van der Waals surface area contributed by atoms with Crippen LogP contribution in [0.5, 0.6) is 0 Å². The SMILES string of the molecule is CCCCCCCCCCCCCCC/C(C)=C/C(C(=O)OCC)C(=O)OCC. The molecule has 170 valence electrons. The molecule has 4 heteroatoms. The van der Waals surface area contributed by atoms with Gasteiger partial charge in [-0.1, -0.05) is 95.6 Å². The molecule has 0 radical (unpaired) electrons. The molecule has 0 aliphatic heterocycles. The Morgan fingerprint density at radius 3 is 1.41 bits per heavy atom. The summed E-state index contributed by atoms with van der Waals surface area (Å²) in [5.74, 6) is -1.97. The van der Waals surface area contributed by atoms with Crippen molar-refractivity contribution in [2.75, 3.05) is 13.2 Å². The average Bonchev–Trinajstić information content (AvgIpc) is 2.70. The number of ether oxygens (including phenoxy) is 2. The summed E-state index contributed by atoms with van der Waals surface area (Å²) in [7, 11) is 0.